The number of ether oxygens (including phenoxy) is 1. The molecule has 2 N–H and O–H groups in total. The first-order valence-electron chi connectivity index (χ1n) is 5.46. The van der Waals surface area contributed by atoms with Gasteiger partial charge in [-0.05, 0) is 17.7 Å². The van der Waals surface area contributed by atoms with E-state index in [1.807, 2.05) is 6.07 Å². The van der Waals surface area contributed by atoms with Gasteiger partial charge in [-0.3, -0.25) is 0 Å². The van der Waals surface area contributed by atoms with E-state index in [1.165, 1.54) is 0 Å². The fraction of sp³-hybridized carbons (Fsp3) is 0.0714. The van der Waals surface area contributed by atoms with E-state index >= 15 is 0 Å². The number of nitrogens with two attached hydrogens (primary N) is 1. The van der Waals surface area contributed by atoms with Gasteiger partial charge in [0.05, 0.1) is 17.3 Å². The summed E-state index contributed by atoms with van der Waals surface area (Å²) in [7, 11) is 0. The zero-order valence-corrected chi connectivity index (χ0v) is 9.86. The minimum atomic E-state index is -0.726. The molecule has 2 aromatic carbocycles. The van der Waals surface area contributed by atoms with E-state index in [-0.39, 0.29) is 18.0 Å². The second-order valence-electron chi connectivity index (χ2n) is 3.90. The highest BCUT2D eigenvalue weighted by Crippen LogP contribution is 2.23. The molecule has 0 atom stereocenters. The minimum Gasteiger partial charge on any atom is -0.486 e. The van der Waals surface area contributed by atoms with Crippen molar-refractivity contribution in [3.63, 3.8) is 0 Å². The molecule has 0 aliphatic carbocycles. The van der Waals surface area contributed by atoms with E-state index in [2.05, 4.69) is 0 Å². The van der Waals surface area contributed by atoms with Crippen LogP contribution in [0.2, 0.25) is 0 Å². The molecule has 0 saturated carbocycles. The van der Waals surface area contributed by atoms with Crippen molar-refractivity contribution < 1.29 is 13.5 Å². The van der Waals surface area contributed by atoms with Crippen LogP contribution in [-0.4, -0.2) is 0 Å². The summed E-state index contributed by atoms with van der Waals surface area (Å²) in [6, 6.07) is 10.4. The summed E-state index contributed by atoms with van der Waals surface area (Å²) in [5.41, 5.74) is 6.23. The van der Waals surface area contributed by atoms with E-state index in [0.717, 1.165) is 17.7 Å². The highest BCUT2D eigenvalue weighted by molar-refractivity contribution is 5.44. The maximum absolute atomic E-state index is 13.4. The summed E-state index contributed by atoms with van der Waals surface area (Å²) < 4.78 is 31.8. The van der Waals surface area contributed by atoms with Crippen molar-refractivity contribution in [3.05, 3.63) is 59.2 Å². The van der Waals surface area contributed by atoms with Crippen LogP contribution in [0.25, 0.3) is 0 Å². The molecule has 0 fully saturated rings. The molecule has 0 aromatic heterocycles. The van der Waals surface area contributed by atoms with Crippen LogP contribution >= 0.6 is 0 Å². The van der Waals surface area contributed by atoms with Crippen molar-refractivity contribution in [1.82, 2.24) is 0 Å². The van der Waals surface area contributed by atoms with Crippen LogP contribution in [0.15, 0.2) is 36.4 Å². The van der Waals surface area contributed by atoms with Crippen molar-refractivity contribution in [3.8, 4) is 11.8 Å². The van der Waals surface area contributed by atoms with Crippen LogP contribution in [0.4, 0.5) is 14.5 Å². The highest BCUT2D eigenvalue weighted by atomic mass is 19.1. The van der Waals surface area contributed by atoms with Crippen LogP contribution in [0, 0.1) is 23.0 Å². The van der Waals surface area contributed by atoms with E-state index in [1.54, 1.807) is 24.3 Å². The van der Waals surface area contributed by atoms with E-state index < -0.39 is 11.6 Å². The standard InChI is InChI=1S/C14H10F2N2O/c15-11-6-14(12(16)5-13(11)18)19-8-10-3-1-9(7-17)2-4-10/h1-6H,8,18H2. The summed E-state index contributed by atoms with van der Waals surface area (Å²) in [6.45, 7) is 0.0754. The Bertz CT molecular complexity index is 633. The molecule has 0 radical (unpaired) electrons. The molecule has 0 spiro atoms. The van der Waals surface area contributed by atoms with E-state index in [0.29, 0.717) is 5.56 Å². The average Bonchev–Trinajstić information content (AvgIpc) is 2.42. The van der Waals surface area contributed by atoms with Crippen molar-refractivity contribution in [2.75, 3.05) is 5.73 Å². The lowest BCUT2D eigenvalue weighted by Crippen LogP contribution is -2.00. The fourth-order valence-electron chi connectivity index (χ4n) is 1.49. The van der Waals surface area contributed by atoms with E-state index in [4.69, 9.17) is 15.7 Å². The van der Waals surface area contributed by atoms with Gasteiger partial charge in [0, 0.05) is 12.1 Å². The van der Waals surface area contributed by atoms with Gasteiger partial charge in [0.2, 0.25) is 0 Å². The monoisotopic (exact) mass is 260 g/mol. The Kier molecular flexibility index (Phi) is 3.62. The number of benzene rings is 2. The molecular weight excluding hydrogens is 250 g/mol. The topological polar surface area (TPSA) is 59.0 Å². The molecule has 3 nitrogen and oxygen atoms in total. The third-order valence-corrected chi connectivity index (χ3v) is 2.53. The van der Waals surface area contributed by atoms with Crippen LogP contribution in [0.1, 0.15) is 11.1 Å². The second-order valence-corrected chi connectivity index (χ2v) is 3.90. The van der Waals surface area contributed by atoms with Gasteiger partial charge in [-0.15, -0.1) is 0 Å². The molecule has 0 bridgehead atoms. The molecule has 0 amide bonds. The van der Waals surface area contributed by atoms with Gasteiger partial charge in [0.25, 0.3) is 0 Å². The fourth-order valence-corrected chi connectivity index (χ4v) is 1.49. The summed E-state index contributed by atoms with van der Waals surface area (Å²) in [4.78, 5) is 0. The lowest BCUT2D eigenvalue weighted by molar-refractivity contribution is 0.288. The van der Waals surface area contributed by atoms with Crippen LogP contribution in [0.5, 0.6) is 5.75 Å². The van der Waals surface area contributed by atoms with Crippen molar-refractivity contribution >= 4 is 5.69 Å². The number of rotatable bonds is 3. The molecule has 2 aromatic rings. The SMILES string of the molecule is N#Cc1ccc(COc2cc(F)c(N)cc2F)cc1. The Balaban J connectivity index is 2.10. The molecular formula is C14H10F2N2O. The first-order chi connectivity index (χ1) is 9.10. The third-order valence-electron chi connectivity index (χ3n) is 2.53. The smallest absolute Gasteiger partial charge is 0.167 e. The second kappa shape index (κ2) is 5.36. The van der Waals surface area contributed by atoms with Crippen LogP contribution in [0.3, 0.4) is 0 Å². The summed E-state index contributed by atoms with van der Waals surface area (Å²) in [5.74, 6) is -1.64. The quantitative estimate of drug-likeness (QED) is 0.863. The Morgan fingerprint density at radius 1 is 1.11 bits per heavy atom. The first-order valence-corrected chi connectivity index (χ1v) is 5.46. The predicted octanol–water partition coefficient (Wildman–Crippen LogP) is 3.00. The number of halogens is 2. The summed E-state index contributed by atoms with van der Waals surface area (Å²) in [5, 5.41) is 8.64. The third kappa shape index (κ3) is 2.99. The Morgan fingerprint density at radius 3 is 2.42 bits per heavy atom. The molecule has 0 saturated heterocycles. The molecule has 5 heteroatoms. The largest absolute Gasteiger partial charge is 0.486 e. The van der Waals surface area contributed by atoms with Crippen LogP contribution < -0.4 is 10.5 Å². The minimum absolute atomic E-state index is 0.0754. The zero-order chi connectivity index (χ0) is 13.8. The first kappa shape index (κ1) is 12.8. The van der Waals surface area contributed by atoms with Gasteiger partial charge >= 0.3 is 0 Å². The maximum Gasteiger partial charge on any atom is 0.167 e. The normalized spacial score (nSPS) is 9.95. The van der Waals surface area contributed by atoms with Crippen molar-refractivity contribution in [2.45, 2.75) is 6.61 Å². The van der Waals surface area contributed by atoms with Gasteiger partial charge in [-0.1, -0.05) is 12.1 Å². The number of hydrogen-bond acceptors (Lipinski definition) is 3. The molecule has 19 heavy (non-hydrogen) atoms. The van der Waals surface area contributed by atoms with Gasteiger partial charge < -0.3 is 10.5 Å². The number of anilines is 1. The van der Waals surface area contributed by atoms with Crippen molar-refractivity contribution in [1.29, 1.82) is 5.26 Å². The average molecular weight is 260 g/mol. The highest BCUT2D eigenvalue weighted by Gasteiger charge is 2.09. The van der Waals surface area contributed by atoms with Gasteiger partial charge in [-0.25, -0.2) is 8.78 Å². The van der Waals surface area contributed by atoms with Crippen LogP contribution in [-0.2, 0) is 6.61 Å². The molecule has 0 heterocycles. The molecule has 0 unspecified atom stereocenters. The zero-order valence-electron chi connectivity index (χ0n) is 9.86. The van der Waals surface area contributed by atoms with E-state index in [9.17, 15) is 8.78 Å². The summed E-state index contributed by atoms with van der Waals surface area (Å²) >= 11 is 0. The van der Waals surface area contributed by atoms with Gasteiger partial charge in [-0.2, -0.15) is 5.26 Å². The van der Waals surface area contributed by atoms with Crippen molar-refractivity contribution in [2.24, 2.45) is 0 Å². The molecule has 2 rings (SSSR count). The van der Waals surface area contributed by atoms with Gasteiger partial charge in [0.15, 0.2) is 11.6 Å². The maximum atomic E-state index is 13.4. The Hall–Kier alpha value is -2.61. The van der Waals surface area contributed by atoms with Gasteiger partial charge in [0.1, 0.15) is 12.4 Å². The predicted molar refractivity (Wildman–Crippen MR) is 66.3 cm³/mol. The number of nitrogens with zero attached hydrogens (tertiary/aromatic N) is 1. The Labute approximate surface area is 108 Å². The lowest BCUT2D eigenvalue weighted by Gasteiger charge is -2.08. The molecule has 96 valence electrons. The number of hydrogen-bond donors (Lipinski definition) is 1. The molecule has 0 aliphatic heterocycles. The summed E-state index contributed by atoms with van der Waals surface area (Å²) in [6.07, 6.45) is 0. The number of nitriles is 1. The molecule has 0 aliphatic rings. The Morgan fingerprint density at radius 2 is 1.79 bits per heavy atom. The number of nitrogen functional groups attached to an aromatic ring is 1. The lowest BCUT2D eigenvalue weighted by atomic mass is 10.1.